The minimum Gasteiger partial charge on any atom is -0.486 e. The van der Waals surface area contributed by atoms with Crippen molar-refractivity contribution >= 4 is 23.3 Å². The number of aliphatic hydroxyl groups is 1. The van der Waals surface area contributed by atoms with Crippen molar-refractivity contribution in [2.24, 2.45) is 11.8 Å². The Morgan fingerprint density at radius 3 is 2.46 bits per heavy atom. The number of carbonyl (C=O) groups is 2. The minimum atomic E-state index is -4.48. The number of alkyl halides is 3. The minimum absolute atomic E-state index is 0.0771. The number of nitrogens with one attached hydrogen (secondary N) is 2. The van der Waals surface area contributed by atoms with E-state index in [4.69, 9.17) is 4.74 Å². The van der Waals surface area contributed by atoms with Crippen LogP contribution in [-0.2, 0) is 6.18 Å². The second-order valence-corrected chi connectivity index (χ2v) is 10.6. The number of rotatable bonds is 8. The summed E-state index contributed by atoms with van der Waals surface area (Å²) in [7, 11) is 2.04. The molecule has 0 bridgehead atoms. The summed E-state index contributed by atoms with van der Waals surface area (Å²) < 4.78 is 45.1. The van der Waals surface area contributed by atoms with Crippen molar-refractivity contribution in [3.8, 4) is 5.75 Å². The molecular formula is C28H35F3N4O4. The number of carbonyl (C=O) groups excluding carboxylic acids is 2. The fourth-order valence-corrected chi connectivity index (χ4v) is 4.71. The number of halogens is 3. The lowest BCUT2D eigenvalue weighted by Gasteiger charge is -2.38. The summed E-state index contributed by atoms with van der Waals surface area (Å²) in [5.41, 5.74) is -0.138. The fourth-order valence-electron chi connectivity index (χ4n) is 4.71. The number of benzene rings is 2. The lowest BCUT2D eigenvalue weighted by molar-refractivity contribution is -0.137. The average Bonchev–Trinajstić information content (AvgIpc) is 3.69. The standard InChI is InChI=1S/C28H35F3N4O4/c1-17-13-35(18(2)16-36)26(37)22-5-4-6-23(25(22)39-24(17)15-34(3)14-19-7-8-19)33-27(38)32-21-11-9-20(10-12-21)28(29,30)31/h4-6,9-12,17-19,24,36H,7-8,13-16H2,1-3H3,(H2,32,33,38)/t17-,18+,24+/m0/s1. The number of anilines is 2. The van der Waals surface area contributed by atoms with Crippen LogP contribution < -0.4 is 15.4 Å². The molecule has 4 rings (SSSR count). The molecule has 8 nitrogen and oxygen atoms in total. The van der Waals surface area contributed by atoms with Gasteiger partial charge in [0.05, 0.1) is 29.5 Å². The number of likely N-dealkylation sites (N-methyl/N-ethyl adjacent to an activating group) is 1. The van der Waals surface area contributed by atoms with Crippen molar-refractivity contribution in [2.75, 3.05) is 43.9 Å². The van der Waals surface area contributed by atoms with Gasteiger partial charge < -0.3 is 30.3 Å². The van der Waals surface area contributed by atoms with Gasteiger partial charge in [-0.05, 0) is 69.1 Å². The van der Waals surface area contributed by atoms with Crippen molar-refractivity contribution in [1.82, 2.24) is 9.80 Å². The Labute approximate surface area is 226 Å². The van der Waals surface area contributed by atoms with Gasteiger partial charge in [-0.3, -0.25) is 4.79 Å². The molecule has 11 heteroatoms. The maximum atomic E-state index is 13.6. The molecule has 3 amide bonds. The van der Waals surface area contributed by atoms with E-state index in [1.54, 1.807) is 30.0 Å². The summed E-state index contributed by atoms with van der Waals surface area (Å²) in [6, 6.07) is 7.83. The smallest absolute Gasteiger partial charge is 0.416 e. The van der Waals surface area contributed by atoms with Gasteiger partial charge in [0.15, 0.2) is 5.75 Å². The Morgan fingerprint density at radius 1 is 1.15 bits per heavy atom. The zero-order valence-corrected chi connectivity index (χ0v) is 22.3. The molecule has 1 aliphatic carbocycles. The van der Waals surface area contributed by atoms with Crippen LogP contribution in [0.2, 0.25) is 0 Å². The quantitative estimate of drug-likeness (QED) is 0.436. The molecule has 0 radical (unpaired) electrons. The highest BCUT2D eigenvalue weighted by Gasteiger charge is 2.35. The zero-order valence-electron chi connectivity index (χ0n) is 22.3. The van der Waals surface area contributed by atoms with E-state index in [1.807, 2.05) is 14.0 Å². The predicted molar refractivity (Wildman–Crippen MR) is 142 cm³/mol. The van der Waals surface area contributed by atoms with E-state index in [2.05, 4.69) is 15.5 Å². The number of fused-ring (bicyclic) bond motifs is 1. The third kappa shape index (κ3) is 7.21. The lowest BCUT2D eigenvalue weighted by Crippen LogP contribution is -2.50. The van der Waals surface area contributed by atoms with Crippen molar-refractivity contribution in [2.45, 2.75) is 45.0 Å². The number of ether oxygens (including phenoxy) is 1. The Hall–Kier alpha value is -3.31. The Balaban J connectivity index is 1.59. The second-order valence-electron chi connectivity index (χ2n) is 10.6. The molecule has 2 aliphatic rings. The number of hydrogen-bond donors (Lipinski definition) is 3. The van der Waals surface area contributed by atoms with E-state index in [1.165, 1.54) is 25.0 Å². The van der Waals surface area contributed by atoms with Gasteiger partial charge in [0.2, 0.25) is 0 Å². The molecule has 1 saturated carbocycles. The summed E-state index contributed by atoms with van der Waals surface area (Å²) in [6.45, 7) is 5.53. The van der Waals surface area contributed by atoms with E-state index in [0.29, 0.717) is 19.0 Å². The molecule has 2 aromatic carbocycles. The third-order valence-electron chi connectivity index (χ3n) is 7.17. The first-order chi connectivity index (χ1) is 18.5. The summed E-state index contributed by atoms with van der Waals surface area (Å²) in [5.74, 6) is 0.503. The van der Waals surface area contributed by atoms with E-state index in [-0.39, 0.29) is 47.2 Å². The van der Waals surface area contributed by atoms with Gasteiger partial charge in [0, 0.05) is 31.2 Å². The molecule has 39 heavy (non-hydrogen) atoms. The first kappa shape index (κ1) is 28.7. The monoisotopic (exact) mass is 548 g/mol. The van der Waals surface area contributed by atoms with Gasteiger partial charge in [-0.2, -0.15) is 13.2 Å². The summed E-state index contributed by atoms with van der Waals surface area (Å²) >= 11 is 0. The van der Waals surface area contributed by atoms with Crippen LogP contribution in [0.1, 0.15) is 42.6 Å². The Morgan fingerprint density at radius 2 is 1.85 bits per heavy atom. The highest BCUT2D eigenvalue weighted by Crippen LogP contribution is 2.36. The topological polar surface area (TPSA) is 94.1 Å². The van der Waals surface area contributed by atoms with Crippen LogP contribution in [0, 0.1) is 11.8 Å². The van der Waals surface area contributed by atoms with Crippen LogP contribution in [0.25, 0.3) is 0 Å². The van der Waals surface area contributed by atoms with Crippen molar-refractivity contribution in [1.29, 1.82) is 0 Å². The molecule has 0 saturated heterocycles. The fraction of sp³-hybridized carbons (Fsp3) is 0.500. The molecule has 1 aliphatic heterocycles. The largest absolute Gasteiger partial charge is 0.486 e. The van der Waals surface area contributed by atoms with E-state index in [0.717, 1.165) is 18.7 Å². The van der Waals surface area contributed by atoms with E-state index >= 15 is 0 Å². The van der Waals surface area contributed by atoms with Crippen LogP contribution in [0.3, 0.4) is 0 Å². The molecule has 0 unspecified atom stereocenters. The zero-order chi connectivity index (χ0) is 28.3. The molecule has 2 aromatic rings. The average molecular weight is 549 g/mol. The van der Waals surface area contributed by atoms with Gasteiger partial charge in [-0.15, -0.1) is 0 Å². The first-order valence-electron chi connectivity index (χ1n) is 13.1. The van der Waals surface area contributed by atoms with Gasteiger partial charge in [0.25, 0.3) is 5.91 Å². The summed E-state index contributed by atoms with van der Waals surface area (Å²) in [4.78, 5) is 30.2. The first-order valence-corrected chi connectivity index (χ1v) is 13.1. The van der Waals surface area contributed by atoms with Gasteiger partial charge >= 0.3 is 12.2 Å². The molecule has 3 N–H and O–H groups in total. The summed E-state index contributed by atoms with van der Waals surface area (Å²) in [5, 5.41) is 15.0. The van der Waals surface area contributed by atoms with Crippen molar-refractivity contribution < 1.29 is 32.6 Å². The maximum absolute atomic E-state index is 13.6. The molecule has 3 atom stereocenters. The summed E-state index contributed by atoms with van der Waals surface area (Å²) in [6.07, 6.45) is -2.36. The van der Waals surface area contributed by atoms with Crippen LogP contribution in [-0.4, -0.2) is 72.3 Å². The van der Waals surface area contributed by atoms with Crippen LogP contribution in [0.5, 0.6) is 5.75 Å². The highest BCUT2D eigenvalue weighted by atomic mass is 19.4. The third-order valence-corrected chi connectivity index (χ3v) is 7.17. The molecule has 1 fully saturated rings. The highest BCUT2D eigenvalue weighted by molar-refractivity contribution is 6.04. The van der Waals surface area contributed by atoms with Crippen molar-refractivity contribution in [3.63, 3.8) is 0 Å². The second kappa shape index (κ2) is 11.8. The van der Waals surface area contributed by atoms with Gasteiger partial charge in [-0.1, -0.05) is 13.0 Å². The number of amides is 3. The van der Waals surface area contributed by atoms with Crippen LogP contribution >= 0.6 is 0 Å². The van der Waals surface area contributed by atoms with Gasteiger partial charge in [-0.25, -0.2) is 4.79 Å². The SMILES string of the molecule is C[C@H](CO)N1C[C@H](C)[C@@H](CN(C)CC2CC2)Oc2c(NC(=O)Nc3ccc(C(F)(F)F)cc3)cccc2C1=O. The lowest BCUT2D eigenvalue weighted by atomic mass is 9.99. The number of aliphatic hydroxyl groups excluding tert-OH is 1. The number of hydrogen-bond acceptors (Lipinski definition) is 5. The normalized spacial score (nSPS) is 20.5. The van der Waals surface area contributed by atoms with Gasteiger partial charge in [0.1, 0.15) is 6.10 Å². The number of urea groups is 1. The maximum Gasteiger partial charge on any atom is 0.416 e. The number of nitrogens with zero attached hydrogens (tertiary/aromatic N) is 2. The molecule has 0 spiro atoms. The van der Waals surface area contributed by atoms with Crippen LogP contribution in [0.15, 0.2) is 42.5 Å². The van der Waals surface area contributed by atoms with Crippen LogP contribution in [0.4, 0.5) is 29.3 Å². The molecule has 0 aromatic heterocycles. The Bertz CT molecular complexity index is 1170. The molecule has 212 valence electrons. The van der Waals surface area contributed by atoms with E-state index in [9.17, 15) is 27.9 Å². The van der Waals surface area contributed by atoms with E-state index < -0.39 is 23.8 Å². The molecular weight excluding hydrogens is 513 g/mol. The predicted octanol–water partition coefficient (Wildman–Crippen LogP) is 4.91. The molecule has 1 heterocycles. The number of para-hydroxylation sites is 1. The Kier molecular flexibility index (Phi) is 8.70. The van der Waals surface area contributed by atoms with Crippen molar-refractivity contribution in [3.05, 3.63) is 53.6 Å².